The molecule has 0 fully saturated rings. The van der Waals surface area contributed by atoms with Crippen LogP contribution in [0.15, 0.2) is 0 Å². The van der Waals surface area contributed by atoms with E-state index in [0.29, 0.717) is 0 Å². The van der Waals surface area contributed by atoms with E-state index >= 15 is 0 Å². The van der Waals surface area contributed by atoms with Gasteiger partial charge >= 0.3 is 11.9 Å². The minimum Gasteiger partial charge on any atom is -0.473 e. The minimum atomic E-state index is -1.82. The van der Waals surface area contributed by atoms with Crippen LogP contribution < -0.4 is 0 Å². The molecule has 0 rings (SSSR count). The molecule has 70 valence electrons. The number of carboxylic acid groups (broad SMARTS) is 2. The Morgan fingerprint density at radius 2 is 1.42 bits per heavy atom. The van der Waals surface area contributed by atoms with Crippen molar-refractivity contribution < 1.29 is 24.6 Å². The van der Waals surface area contributed by atoms with E-state index in [9.17, 15) is 4.79 Å². The summed E-state index contributed by atoms with van der Waals surface area (Å²) in [6, 6.07) is 0. The van der Waals surface area contributed by atoms with Crippen LogP contribution in [0.1, 0.15) is 26.7 Å². The largest absolute Gasteiger partial charge is 0.473 e. The van der Waals surface area contributed by atoms with Gasteiger partial charge in [0.25, 0.3) is 0 Å². The van der Waals surface area contributed by atoms with E-state index in [0.717, 1.165) is 12.8 Å². The van der Waals surface area contributed by atoms with Crippen LogP contribution in [-0.2, 0) is 14.4 Å². The number of hydrogen-bond acceptors (Lipinski definition) is 3. The van der Waals surface area contributed by atoms with Crippen LogP contribution >= 0.6 is 0 Å². The summed E-state index contributed by atoms with van der Waals surface area (Å²) in [5.74, 6) is -3.36. The smallest absolute Gasteiger partial charge is 0.414 e. The second-order valence-corrected chi connectivity index (χ2v) is 2.06. The Kier molecular flexibility index (Phi) is 8.50. The molecular weight excluding hydrogens is 164 g/mol. The monoisotopic (exact) mass is 176 g/mol. The van der Waals surface area contributed by atoms with Crippen LogP contribution in [0.3, 0.4) is 0 Å². The highest BCUT2D eigenvalue weighted by Crippen LogP contribution is 1.84. The summed E-state index contributed by atoms with van der Waals surface area (Å²) in [5, 5.41) is 14.8. The SMILES string of the molecule is CCCC(C)=O.O=C(O)C(=O)O. The lowest BCUT2D eigenvalue weighted by Gasteiger charge is -1.80. The van der Waals surface area contributed by atoms with Gasteiger partial charge in [-0.25, -0.2) is 9.59 Å². The molecule has 0 aliphatic carbocycles. The van der Waals surface area contributed by atoms with Crippen LogP contribution in [0, 0.1) is 0 Å². The van der Waals surface area contributed by atoms with Crippen LogP contribution in [0.5, 0.6) is 0 Å². The maximum atomic E-state index is 10.0. The predicted octanol–water partition coefficient (Wildman–Crippen LogP) is 0.531. The molecule has 0 aliphatic heterocycles. The molecule has 0 aromatic rings. The summed E-state index contributed by atoms with van der Waals surface area (Å²) < 4.78 is 0. The third-order valence-corrected chi connectivity index (χ3v) is 0.785. The lowest BCUT2D eigenvalue weighted by Crippen LogP contribution is -2.09. The van der Waals surface area contributed by atoms with Crippen molar-refractivity contribution in [1.29, 1.82) is 0 Å². The summed E-state index contributed by atoms with van der Waals surface area (Å²) in [7, 11) is 0. The van der Waals surface area contributed by atoms with Gasteiger partial charge in [-0.15, -0.1) is 0 Å². The van der Waals surface area contributed by atoms with Crippen molar-refractivity contribution in [2.24, 2.45) is 0 Å². The van der Waals surface area contributed by atoms with Crippen molar-refractivity contribution >= 4 is 17.7 Å². The van der Waals surface area contributed by atoms with Crippen LogP contribution in [0.25, 0.3) is 0 Å². The normalized spacial score (nSPS) is 7.83. The number of carbonyl (C=O) groups is 3. The van der Waals surface area contributed by atoms with Gasteiger partial charge in [0, 0.05) is 6.42 Å². The minimum absolute atomic E-state index is 0.289. The van der Waals surface area contributed by atoms with Gasteiger partial charge in [-0.05, 0) is 13.3 Å². The third-order valence-electron chi connectivity index (χ3n) is 0.785. The quantitative estimate of drug-likeness (QED) is 0.599. The zero-order valence-electron chi connectivity index (χ0n) is 7.03. The first-order valence-electron chi connectivity index (χ1n) is 3.37. The molecule has 5 heteroatoms. The second-order valence-electron chi connectivity index (χ2n) is 2.06. The van der Waals surface area contributed by atoms with Crippen LogP contribution in [0.4, 0.5) is 0 Å². The Bertz CT molecular complexity index is 161. The van der Waals surface area contributed by atoms with E-state index in [-0.39, 0.29) is 5.78 Å². The van der Waals surface area contributed by atoms with E-state index in [1.54, 1.807) is 6.92 Å². The molecule has 12 heavy (non-hydrogen) atoms. The van der Waals surface area contributed by atoms with E-state index in [1.165, 1.54) is 0 Å². The average Bonchev–Trinajstić information content (AvgIpc) is 1.87. The Morgan fingerprint density at radius 3 is 1.42 bits per heavy atom. The number of ketones is 1. The number of hydrogen-bond donors (Lipinski definition) is 2. The van der Waals surface area contributed by atoms with Crippen molar-refractivity contribution in [3.05, 3.63) is 0 Å². The van der Waals surface area contributed by atoms with E-state index in [4.69, 9.17) is 19.8 Å². The molecule has 0 amide bonds. The van der Waals surface area contributed by atoms with E-state index in [2.05, 4.69) is 0 Å². The highest BCUT2D eigenvalue weighted by atomic mass is 16.4. The molecule has 5 nitrogen and oxygen atoms in total. The first-order chi connectivity index (χ1) is 5.41. The van der Waals surface area contributed by atoms with Gasteiger partial charge in [0.2, 0.25) is 0 Å². The molecule has 2 N–H and O–H groups in total. The molecule has 0 unspecified atom stereocenters. The van der Waals surface area contributed by atoms with E-state index < -0.39 is 11.9 Å². The van der Waals surface area contributed by atoms with Crippen LogP contribution in [-0.4, -0.2) is 27.9 Å². The van der Waals surface area contributed by atoms with Crippen molar-refractivity contribution in [2.45, 2.75) is 26.7 Å². The Balaban J connectivity index is 0. The zero-order chi connectivity index (χ0) is 10.1. The summed E-state index contributed by atoms with van der Waals surface area (Å²) in [6.07, 6.45) is 1.72. The standard InChI is InChI=1S/C5H10O.C2H2O4/c1-3-4-5(2)6;3-1(4)2(5)6/h3-4H2,1-2H3;(H,3,4)(H,5,6). The Hall–Kier alpha value is -1.39. The topological polar surface area (TPSA) is 91.7 Å². The molecule has 0 radical (unpaired) electrons. The fourth-order valence-corrected chi connectivity index (χ4v) is 0.352. The highest BCUT2D eigenvalue weighted by molar-refractivity contribution is 6.27. The molecule has 0 aromatic heterocycles. The molecule has 0 atom stereocenters. The van der Waals surface area contributed by atoms with Gasteiger partial charge in [0.15, 0.2) is 0 Å². The second kappa shape index (κ2) is 7.71. The van der Waals surface area contributed by atoms with Gasteiger partial charge in [-0.2, -0.15) is 0 Å². The fraction of sp³-hybridized carbons (Fsp3) is 0.571. The molecule has 0 bridgehead atoms. The molecule has 0 aliphatic rings. The zero-order valence-corrected chi connectivity index (χ0v) is 7.03. The van der Waals surface area contributed by atoms with Crippen molar-refractivity contribution in [3.8, 4) is 0 Å². The first-order valence-corrected chi connectivity index (χ1v) is 3.37. The maximum absolute atomic E-state index is 10.0. The Labute approximate surface area is 70.0 Å². The average molecular weight is 176 g/mol. The predicted molar refractivity (Wildman–Crippen MR) is 40.9 cm³/mol. The number of carboxylic acids is 2. The van der Waals surface area contributed by atoms with Crippen molar-refractivity contribution in [2.75, 3.05) is 0 Å². The molecule has 0 aromatic carbocycles. The van der Waals surface area contributed by atoms with Crippen LogP contribution in [0.2, 0.25) is 0 Å². The van der Waals surface area contributed by atoms with E-state index in [1.807, 2.05) is 6.92 Å². The van der Waals surface area contributed by atoms with Gasteiger partial charge in [0.05, 0.1) is 0 Å². The highest BCUT2D eigenvalue weighted by Gasteiger charge is 2.04. The summed E-state index contributed by atoms with van der Waals surface area (Å²) in [6.45, 7) is 3.62. The molecule has 0 spiro atoms. The molecule has 0 saturated carbocycles. The number of Topliss-reactive ketones (excluding diaryl/α,β-unsaturated/α-hetero) is 1. The molecule has 0 heterocycles. The van der Waals surface area contributed by atoms with Gasteiger partial charge in [-0.3, -0.25) is 0 Å². The Morgan fingerprint density at radius 1 is 1.08 bits per heavy atom. The van der Waals surface area contributed by atoms with Crippen molar-refractivity contribution in [3.63, 3.8) is 0 Å². The number of carbonyl (C=O) groups excluding carboxylic acids is 1. The summed E-state index contributed by atoms with van der Waals surface area (Å²) in [5.41, 5.74) is 0. The van der Waals surface area contributed by atoms with Crippen molar-refractivity contribution in [1.82, 2.24) is 0 Å². The fourth-order valence-electron chi connectivity index (χ4n) is 0.352. The number of aliphatic carboxylic acids is 2. The maximum Gasteiger partial charge on any atom is 0.414 e. The summed E-state index contributed by atoms with van der Waals surface area (Å²) >= 11 is 0. The molecule has 0 saturated heterocycles. The van der Waals surface area contributed by atoms with Gasteiger partial charge in [-0.1, -0.05) is 6.92 Å². The third kappa shape index (κ3) is 15.8. The lowest BCUT2D eigenvalue weighted by atomic mass is 10.3. The lowest BCUT2D eigenvalue weighted by molar-refractivity contribution is -0.159. The van der Waals surface area contributed by atoms with Gasteiger partial charge in [0.1, 0.15) is 5.78 Å². The molecular formula is C7H12O5. The first kappa shape index (κ1) is 13.2. The van der Waals surface area contributed by atoms with Gasteiger partial charge < -0.3 is 15.0 Å². The number of rotatable bonds is 2. The summed E-state index contributed by atoms with van der Waals surface area (Å²) in [4.78, 5) is 28.2.